The first-order valence-electron chi connectivity index (χ1n) is 4.07. The van der Waals surface area contributed by atoms with Gasteiger partial charge < -0.3 is 4.57 Å². The van der Waals surface area contributed by atoms with Crippen molar-refractivity contribution in [2.75, 3.05) is 0 Å². The molecule has 1 heterocycles. The Hall–Kier alpha value is -1.31. The van der Waals surface area contributed by atoms with Crippen molar-refractivity contribution in [2.45, 2.75) is 20.4 Å². The number of carbonyl (C=O) groups excluding carboxylic acids is 1. The molecule has 1 aromatic heterocycles. The summed E-state index contributed by atoms with van der Waals surface area (Å²) in [6.45, 7) is 4.60. The van der Waals surface area contributed by atoms with E-state index in [1.54, 1.807) is 13.0 Å². The van der Waals surface area contributed by atoms with Crippen molar-refractivity contribution < 1.29 is 4.79 Å². The van der Waals surface area contributed by atoms with Crippen molar-refractivity contribution in [3.05, 3.63) is 30.1 Å². The van der Waals surface area contributed by atoms with E-state index in [2.05, 4.69) is 11.5 Å². The molecule has 0 saturated heterocycles. The van der Waals surface area contributed by atoms with Crippen LogP contribution >= 0.6 is 0 Å². The molecule has 1 aromatic rings. The van der Waals surface area contributed by atoms with E-state index >= 15 is 0 Å². The Morgan fingerprint density at radius 2 is 2.42 bits per heavy atom. The van der Waals surface area contributed by atoms with Gasteiger partial charge in [-0.15, -0.1) is 0 Å². The number of aryl methyl sites for hydroxylation is 1. The van der Waals surface area contributed by atoms with Gasteiger partial charge >= 0.3 is 0 Å². The molecule has 64 valence electrons. The fraction of sp³-hybridized carbons (Fsp3) is 0.300. The highest BCUT2D eigenvalue weighted by atomic mass is 16.1. The Morgan fingerprint density at radius 1 is 1.67 bits per heavy atom. The zero-order valence-corrected chi connectivity index (χ0v) is 7.45. The van der Waals surface area contributed by atoms with Crippen LogP contribution in [0.5, 0.6) is 0 Å². The van der Waals surface area contributed by atoms with Gasteiger partial charge in [-0.2, -0.15) is 0 Å². The summed E-state index contributed by atoms with van der Waals surface area (Å²) in [4.78, 5) is 10.6. The molecular formula is C10H13NO. The standard InChI is InChI=1S/C10H13NO/c1-3-11-7-6-10(8-11)5-4-9(2)12/h4-8H,3H2,1-2H3. The lowest BCUT2D eigenvalue weighted by molar-refractivity contribution is -0.112. The number of hydrogen-bond acceptors (Lipinski definition) is 1. The van der Waals surface area contributed by atoms with Crippen LogP contribution in [0.1, 0.15) is 19.4 Å². The van der Waals surface area contributed by atoms with Crippen molar-refractivity contribution >= 4 is 11.9 Å². The summed E-state index contributed by atoms with van der Waals surface area (Å²) in [6, 6.07) is 1.99. The third-order valence-corrected chi connectivity index (χ3v) is 1.65. The number of ketones is 1. The predicted octanol–water partition coefficient (Wildman–Crippen LogP) is 2.11. The zero-order chi connectivity index (χ0) is 8.97. The average molecular weight is 163 g/mol. The van der Waals surface area contributed by atoms with E-state index < -0.39 is 0 Å². The first kappa shape index (κ1) is 8.78. The molecule has 0 amide bonds. The fourth-order valence-electron chi connectivity index (χ4n) is 0.968. The molecule has 0 N–H and O–H groups in total. The van der Waals surface area contributed by atoms with Crippen molar-refractivity contribution in [1.82, 2.24) is 4.57 Å². The van der Waals surface area contributed by atoms with Crippen LogP contribution in [0.4, 0.5) is 0 Å². The Bertz CT molecular complexity index is 297. The topological polar surface area (TPSA) is 22.0 Å². The molecule has 0 aromatic carbocycles. The lowest BCUT2D eigenvalue weighted by atomic mass is 10.3. The van der Waals surface area contributed by atoms with Crippen LogP contribution in [0, 0.1) is 0 Å². The van der Waals surface area contributed by atoms with Crippen LogP contribution in [-0.2, 0) is 11.3 Å². The van der Waals surface area contributed by atoms with Gasteiger partial charge in [0, 0.05) is 18.9 Å². The molecule has 0 aliphatic heterocycles. The van der Waals surface area contributed by atoms with Gasteiger partial charge in [0.05, 0.1) is 0 Å². The van der Waals surface area contributed by atoms with Gasteiger partial charge in [-0.25, -0.2) is 0 Å². The molecule has 0 atom stereocenters. The molecule has 0 fully saturated rings. The third-order valence-electron chi connectivity index (χ3n) is 1.65. The Labute approximate surface area is 72.5 Å². The molecule has 2 heteroatoms. The second-order valence-corrected chi connectivity index (χ2v) is 2.72. The van der Waals surface area contributed by atoms with Crippen molar-refractivity contribution in [1.29, 1.82) is 0 Å². The fourth-order valence-corrected chi connectivity index (χ4v) is 0.968. The van der Waals surface area contributed by atoms with Crippen molar-refractivity contribution in [3.8, 4) is 0 Å². The second kappa shape index (κ2) is 3.90. The number of rotatable bonds is 3. The van der Waals surface area contributed by atoms with E-state index in [9.17, 15) is 4.79 Å². The highest BCUT2D eigenvalue weighted by molar-refractivity contribution is 5.91. The van der Waals surface area contributed by atoms with Crippen molar-refractivity contribution in [3.63, 3.8) is 0 Å². The summed E-state index contributed by atoms with van der Waals surface area (Å²) in [5, 5.41) is 0. The van der Waals surface area contributed by atoms with Crippen LogP contribution < -0.4 is 0 Å². The smallest absolute Gasteiger partial charge is 0.152 e. The summed E-state index contributed by atoms with van der Waals surface area (Å²) in [5.74, 6) is 0.0826. The third kappa shape index (κ3) is 2.38. The number of carbonyl (C=O) groups is 1. The van der Waals surface area contributed by atoms with Crippen molar-refractivity contribution in [2.24, 2.45) is 0 Å². The minimum absolute atomic E-state index is 0.0826. The Kier molecular flexibility index (Phi) is 2.86. The normalized spacial score (nSPS) is 10.8. The average Bonchev–Trinajstić information content (AvgIpc) is 2.48. The van der Waals surface area contributed by atoms with E-state index in [4.69, 9.17) is 0 Å². The lowest BCUT2D eigenvalue weighted by Crippen LogP contribution is -1.86. The maximum atomic E-state index is 10.6. The molecule has 0 aliphatic rings. The predicted molar refractivity (Wildman–Crippen MR) is 49.8 cm³/mol. The maximum Gasteiger partial charge on any atom is 0.152 e. The molecule has 2 nitrogen and oxygen atoms in total. The monoisotopic (exact) mass is 163 g/mol. The Morgan fingerprint density at radius 3 is 2.92 bits per heavy atom. The zero-order valence-electron chi connectivity index (χ0n) is 7.45. The quantitative estimate of drug-likeness (QED) is 0.625. The maximum absolute atomic E-state index is 10.6. The molecule has 0 radical (unpaired) electrons. The molecule has 0 aliphatic carbocycles. The summed E-state index contributed by atoms with van der Waals surface area (Å²) in [7, 11) is 0. The number of allylic oxidation sites excluding steroid dienone is 1. The summed E-state index contributed by atoms with van der Waals surface area (Å²) >= 11 is 0. The molecular weight excluding hydrogens is 150 g/mol. The van der Waals surface area contributed by atoms with Gasteiger partial charge in [-0.05, 0) is 37.6 Å². The highest BCUT2D eigenvalue weighted by Crippen LogP contribution is 2.03. The first-order valence-corrected chi connectivity index (χ1v) is 4.07. The van der Waals surface area contributed by atoms with Gasteiger partial charge in [0.15, 0.2) is 5.78 Å². The van der Waals surface area contributed by atoms with Crippen LogP contribution in [-0.4, -0.2) is 10.4 Å². The Balaban J connectivity index is 2.70. The lowest BCUT2D eigenvalue weighted by Gasteiger charge is -1.91. The van der Waals surface area contributed by atoms with Gasteiger partial charge in [0.1, 0.15) is 0 Å². The van der Waals surface area contributed by atoms with E-state index in [0.717, 1.165) is 12.1 Å². The number of nitrogens with zero attached hydrogens (tertiary/aromatic N) is 1. The largest absolute Gasteiger partial charge is 0.354 e. The van der Waals surface area contributed by atoms with Crippen LogP contribution in [0.3, 0.4) is 0 Å². The summed E-state index contributed by atoms with van der Waals surface area (Å²) < 4.78 is 2.07. The summed E-state index contributed by atoms with van der Waals surface area (Å²) in [6.07, 6.45) is 7.42. The molecule has 0 spiro atoms. The van der Waals surface area contributed by atoms with Crippen LogP contribution in [0.25, 0.3) is 6.08 Å². The molecule has 0 saturated carbocycles. The number of hydrogen-bond donors (Lipinski definition) is 0. The van der Waals surface area contributed by atoms with Crippen LogP contribution in [0.15, 0.2) is 24.5 Å². The van der Waals surface area contributed by atoms with E-state index in [1.807, 2.05) is 24.5 Å². The summed E-state index contributed by atoms with van der Waals surface area (Å²) in [5.41, 5.74) is 1.08. The van der Waals surface area contributed by atoms with Gasteiger partial charge in [-0.1, -0.05) is 0 Å². The van der Waals surface area contributed by atoms with Gasteiger partial charge in [-0.3, -0.25) is 4.79 Å². The molecule has 1 rings (SSSR count). The minimum atomic E-state index is 0.0826. The minimum Gasteiger partial charge on any atom is -0.354 e. The molecule has 12 heavy (non-hydrogen) atoms. The molecule has 0 bridgehead atoms. The highest BCUT2D eigenvalue weighted by Gasteiger charge is 1.90. The molecule has 0 unspecified atom stereocenters. The SMILES string of the molecule is CCn1ccc(C=CC(C)=O)c1. The van der Waals surface area contributed by atoms with Gasteiger partial charge in [0.25, 0.3) is 0 Å². The first-order chi connectivity index (χ1) is 5.72. The van der Waals surface area contributed by atoms with Crippen LogP contribution in [0.2, 0.25) is 0 Å². The second-order valence-electron chi connectivity index (χ2n) is 2.72. The number of aromatic nitrogens is 1. The van der Waals surface area contributed by atoms with Gasteiger partial charge in [0.2, 0.25) is 0 Å². The van der Waals surface area contributed by atoms with E-state index in [1.165, 1.54) is 0 Å². The van der Waals surface area contributed by atoms with E-state index in [-0.39, 0.29) is 5.78 Å². The van der Waals surface area contributed by atoms with E-state index in [0.29, 0.717) is 0 Å².